The lowest BCUT2D eigenvalue weighted by Crippen LogP contribution is -2.27. The maximum absolute atomic E-state index is 14.0. The van der Waals surface area contributed by atoms with Gasteiger partial charge in [0.1, 0.15) is 4.90 Å². The molecule has 0 fully saturated rings. The van der Waals surface area contributed by atoms with Gasteiger partial charge >= 0.3 is 0 Å². The van der Waals surface area contributed by atoms with Gasteiger partial charge in [0, 0.05) is 18.7 Å². The van der Waals surface area contributed by atoms with Crippen LogP contribution in [0.1, 0.15) is 25.5 Å². The number of rotatable bonds is 5. The lowest BCUT2D eigenvalue weighted by molar-refractivity contribution is -0.114. The normalized spacial score (nSPS) is 12.7. The standard InChI is InChI=1S/C16H16ClFN2O3S/c1-10(12-5-3-6-13(9-12)19-11(2)21)20-24(22,23)15-8-4-7-14(17)16(15)18/h3-10,20H,1-2H3,(H,19,21). The lowest BCUT2D eigenvalue weighted by atomic mass is 10.1. The minimum absolute atomic E-state index is 0.235. The first-order valence-electron chi connectivity index (χ1n) is 7.04. The molecule has 24 heavy (non-hydrogen) atoms. The van der Waals surface area contributed by atoms with Gasteiger partial charge in [-0.2, -0.15) is 0 Å². The molecule has 0 aliphatic heterocycles. The van der Waals surface area contributed by atoms with E-state index in [1.807, 2.05) is 0 Å². The summed E-state index contributed by atoms with van der Waals surface area (Å²) in [5.41, 5.74) is 1.16. The van der Waals surface area contributed by atoms with Gasteiger partial charge in [-0.25, -0.2) is 17.5 Å². The van der Waals surface area contributed by atoms with Crippen molar-refractivity contribution in [2.24, 2.45) is 0 Å². The first kappa shape index (κ1) is 18.4. The number of sulfonamides is 1. The van der Waals surface area contributed by atoms with Gasteiger partial charge in [-0.1, -0.05) is 29.8 Å². The molecule has 0 spiro atoms. The van der Waals surface area contributed by atoms with Crippen molar-refractivity contribution in [1.82, 2.24) is 4.72 Å². The van der Waals surface area contributed by atoms with E-state index >= 15 is 0 Å². The molecule has 0 heterocycles. The summed E-state index contributed by atoms with van der Waals surface area (Å²) in [6.45, 7) is 2.99. The molecule has 0 aliphatic rings. The number of anilines is 1. The Morgan fingerprint density at radius 1 is 1.21 bits per heavy atom. The Hall–Kier alpha value is -1.96. The highest BCUT2D eigenvalue weighted by atomic mass is 35.5. The van der Waals surface area contributed by atoms with E-state index in [4.69, 9.17) is 11.6 Å². The van der Waals surface area contributed by atoms with E-state index < -0.39 is 26.8 Å². The molecule has 5 nitrogen and oxygen atoms in total. The third-order valence-electron chi connectivity index (χ3n) is 3.24. The summed E-state index contributed by atoms with van der Waals surface area (Å²) in [5, 5.41) is 2.35. The summed E-state index contributed by atoms with van der Waals surface area (Å²) >= 11 is 5.64. The number of carbonyl (C=O) groups excluding carboxylic acids is 1. The summed E-state index contributed by atoms with van der Waals surface area (Å²) in [5.74, 6) is -1.23. The highest BCUT2D eigenvalue weighted by Crippen LogP contribution is 2.24. The summed E-state index contributed by atoms with van der Waals surface area (Å²) < 4.78 is 41.1. The molecule has 2 aromatic carbocycles. The van der Waals surface area contributed by atoms with Crippen molar-refractivity contribution in [2.45, 2.75) is 24.8 Å². The number of hydrogen-bond donors (Lipinski definition) is 2. The average molecular weight is 371 g/mol. The first-order chi connectivity index (χ1) is 11.2. The van der Waals surface area contributed by atoms with Crippen molar-refractivity contribution in [3.63, 3.8) is 0 Å². The predicted molar refractivity (Wildman–Crippen MR) is 90.9 cm³/mol. The minimum Gasteiger partial charge on any atom is -0.326 e. The second-order valence-corrected chi connectivity index (χ2v) is 7.29. The van der Waals surface area contributed by atoms with Gasteiger partial charge in [-0.3, -0.25) is 4.79 Å². The lowest BCUT2D eigenvalue weighted by Gasteiger charge is -2.16. The third-order valence-corrected chi connectivity index (χ3v) is 5.09. The molecule has 0 radical (unpaired) electrons. The highest BCUT2D eigenvalue weighted by molar-refractivity contribution is 7.89. The Morgan fingerprint density at radius 3 is 2.54 bits per heavy atom. The molecule has 8 heteroatoms. The van der Waals surface area contributed by atoms with Crippen molar-refractivity contribution in [3.05, 3.63) is 58.9 Å². The summed E-state index contributed by atoms with van der Waals surface area (Å²) in [7, 11) is -4.09. The summed E-state index contributed by atoms with van der Waals surface area (Å²) in [6.07, 6.45) is 0. The van der Waals surface area contributed by atoms with Crippen molar-refractivity contribution in [1.29, 1.82) is 0 Å². The molecule has 1 amide bonds. The van der Waals surface area contributed by atoms with Crippen LogP contribution in [0.2, 0.25) is 5.02 Å². The molecule has 2 aromatic rings. The molecule has 2 rings (SSSR count). The van der Waals surface area contributed by atoms with Crippen LogP contribution >= 0.6 is 11.6 Å². The van der Waals surface area contributed by atoms with Crippen LogP contribution in [0.15, 0.2) is 47.4 Å². The average Bonchev–Trinajstić information content (AvgIpc) is 2.49. The second-order valence-electron chi connectivity index (χ2n) is 5.20. The SMILES string of the molecule is CC(=O)Nc1cccc(C(C)NS(=O)(=O)c2cccc(Cl)c2F)c1. The van der Waals surface area contributed by atoms with E-state index in [9.17, 15) is 17.6 Å². The molecule has 0 saturated carbocycles. The van der Waals surface area contributed by atoms with Crippen LogP contribution in [-0.2, 0) is 14.8 Å². The maximum atomic E-state index is 14.0. The molecule has 0 bridgehead atoms. The van der Waals surface area contributed by atoms with E-state index in [1.54, 1.807) is 31.2 Å². The first-order valence-corrected chi connectivity index (χ1v) is 8.90. The van der Waals surface area contributed by atoms with E-state index in [2.05, 4.69) is 10.0 Å². The van der Waals surface area contributed by atoms with Crippen LogP contribution in [0.3, 0.4) is 0 Å². The predicted octanol–water partition coefficient (Wildman–Crippen LogP) is 3.48. The topological polar surface area (TPSA) is 75.3 Å². The van der Waals surface area contributed by atoms with Gasteiger partial charge in [-0.05, 0) is 36.8 Å². The Balaban J connectivity index is 2.26. The van der Waals surface area contributed by atoms with Crippen LogP contribution in [0, 0.1) is 5.82 Å². The Bertz CT molecular complexity index is 871. The van der Waals surface area contributed by atoms with Crippen LogP contribution in [0.5, 0.6) is 0 Å². The zero-order valence-corrected chi connectivity index (χ0v) is 14.6. The van der Waals surface area contributed by atoms with E-state index in [0.29, 0.717) is 11.3 Å². The quantitative estimate of drug-likeness (QED) is 0.846. The smallest absolute Gasteiger partial charge is 0.244 e. The molecule has 2 N–H and O–H groups in total. The van der Waals surface area contributed by atoms with Crippen molar-refractivity contribution < 1.29 is 17.6 Å². The van der Waals surface area contributed by atoms with Gasteiger partial charge in [0.05, 0.1) is 5.02 Å². The molecule has 0 saturated heterocycles. The fourth-order valence-corrected chi connectivity index (χ4v) is 3.71. The van der Waals surface area contributed by atoms with Crippen LogP contribution < -0.4 is 10.0 Å². The van der Waals surface area contributed by atoms with Crippen molar-refractivity contribution >= 4 is 33.2 Å². The number of halogens is 2. The largest absolute Gasteiger partial charge is 0.326 e. The number of benzene rings is 2. The van der Waals surface area contributed by atoms with E-state index in [1.165, 1.54) is 19.1 Å². The molecule has 0 aromatic heterocycles. The second kappa shape index (κ2) is 7.29. The minimum atomic E-state index is -4.09. The van der Waals surface area contributed by atoms with Gasteiger partial charge in [0.25, 0.3) is 0 Å². The summed E-state index contributed by atoms with van der Waals surface area (Å²) in [6, 6.07) is 9.86. The number of nitrogens with one attached hydrogen (secondary N) is 2. The van der Waals surface area contributed by atoms with E-state index in [0.717, 1.165) is 6.07 Å². The van der Waals surface area contributed by atoms with Crippen molar-refractivity contribution in [3.8, 4) is 0 Å². The number of hydrogen-bond acceptors (Lipinski definition) is 3. The van der Waals surface area contributed by atoms with Gasteiger partial charge in [0.2, 0.25) is 15.9 Å². The van der Waals surface area contributed by atoms with Gasteiger partial charge in [-0.15, -0.1) is 0 Å². The molecule has 0 aliphatic carbocycles. The van der Waals surface area contributed by atoms with Gasteiger partial charge < -0.3 is 5.32 Å². The molecular weight excluding hydrogens is 355 g/mol. The molecular formula is C16H16ClFN2O3S. The summed E-state index contributed by atoms with van der Waals surface area (Å²) in [4.78, 5) is 10.6. The van der Waals surface area contributed by atoms with Crippen LogP contribution in [-0.4, -0.2) is 14.3 Å². The number of amides is 1. The fourth-order valence-electron chi connectivity index (χ4n) is 2.14. The Kier molecular flexibility index (Phi) is 5.58. The van der Waals surface area contributed by atoms with Crippen molar-refractivity contribution in [2.75, 3.05) is 5.32 Å². The fraction of sp³-hybridized carbons (Fsp3) is 0.188. The van der Waals surface area contributed by atoms with E-state index in [-0.39, 0.29) is 10.9 Å². The van der Waals surface area contributed by atoms with Crippen LogP contribution in [0.4, 0.5) is 10.1 Å². The maximum Gasteiger partial charge on any atom is 0.244 e. The monoisotopic (exact) mass is 370 g/mol. The molecule has 1 atom stereocenters. The van der Waals surface area contributed by atoms with Gasteiger partial charge in [0.15, 0.2) is 5.82 Å². The zero-order valence-electron chi connectivity index (χ0n) is 13.0. The third kappa shape index (κ3) is 4.31. The highest BCUT2D eigenvalue weighted by Gasteiger charge is 2.23. The zero-order chi connectivity index (χ0) is 17.9. The Morgan fingerprint density at radius 2 is 1.88 bits per heavy atom. The molecule has 1 unspecified atom stereocenters. The van der Waals surface area contributed by atoms with Crippen LogP contribution in [0.25, 0.3) is 0 Å². The number of carbonyl (C=O) groups is 1. The molecule has 128 valence electrons. The Labute approximate surface area is 144 Å².